The predicted octanol–water partition coefficient (Wildman–Crippen LogP) is 3.08. The van der Waals surface area contributed by atoms with Gasteiger partial charge in [0.1, 0.15) is 0 Å². The second kappa shape index (κ2) is 5.74. The van der Waals surface area contributed by atoms with Crippen LogP contribution in [0.25, 0.3) is 5.69 Å². The van der Waals surface area contributed by atoms with E-state index in [1.807, 2.05) is 36.6 Å². The Morgan fingerprint density at radius 3 is 2.40 bits per heavy atom. The summed E-state index contributed by atoms with van der Waals surface area (Å²) < 4.78 is 6.94. The highest BCUT2D eigenvalue weighted by atomic mass is 16.5. The molecule has 0 N–H and O–H groups in total. The van der Waals surface area contributed by atoms with Gasteiger partial charge in [0.25, 0.3) is 0 Å². The molecule has 0 saturated heterocycles. The van der Waals surface area contributed by atoms with Crippen molar-refractivity contribution in [3.05, 3.63) is 52.8 Å². The highest BCUT2D eigenvalue weighted by molar-refractivity contribution is 5.89. The molecule has 0 radical (unpaired) electrons. The summed E-state index contributed by atoms with van der Waals surface area (Å²) in [5.41, 5.74) is 3.99. The molecule has 0 fully saturated rings. The van der Waals surface area contributed by atoms with Crippen LogP contribution in [0.3, 0.4) is 0 Å². The summed E-state index contributed by atoms with van der Waals surface area (Å²) in [4.78, 5) is 22.6. The van der Waals surface area contributed by atoms with Gasteiger partial charge in [0.05, 0.1) is 12.2 Å². The second-order valence-electron chi connectivity index (χ2n) is 4.55. The standard InChI is InChI=1S/C16H17NO3/c1-4-20-16(19)13-5-7-15(8-6-13)17-11(2)9-14(10-18)12(17)3/h5-10H,4H2,1-3H3. The fourth-order valence-corrected chi connectivity index (χ4v) is 2.27. The molecule has 2 aromatic rings. The number of rotatable bonds is 4. The number of hydrogen-bond donors (Lipinski definition) is 0. The molecule has 0 atom stereocenters. The third-order valence-electron chi connectivity index (χ3n) is 3.23. The van der Waals surface area contributed by atoms with Crippen molar-refractivity contribution < 1.29 is 14.3 Å². The Kier molecular flexibility index (Phi) is 4.03. The lowest BCUT2D eigenvalue weighted by Crippen LogP contribution is -2.05. The maximum atomic E-state index is 11.6. The molecule has 0 spiro atoms. The van der Waals surface area contributed by atoms with Gasteiger partial charge in [-0.1, -0.05) is 0 Å². The molecule has 0 amide bonds. The molecular weight excluding hydrogens is 254 g/mol. The van der Waals surface area contributed by atoms with Crippen molar-refractivity contribution in [3.8, 4) is 5.69 Å². The smallest absolute Gasteiger partial charge is 0.338 e. The highest BCUT2D eigenvalue weighted by Gasteiger charge is 2.11. The number of esters is 1. The number of benzene rings is 1. The number of carbonyl (C=O) groups excluding carboxylic acids is 2. The van der Waals surface area contributed by atoms with Gasteiger partial charge in [0.15, 0.2) is 6.29 Å². The lowest BCUT2D eigenvalue weighted by Gasteiger charge is -2.10. The van der Waals surface area contributed by atoms with Gasteiger partial charge in [-0.2, -0.15) is 0 Å². The van der Waals surface area contributed by atoms with Crippen LogP contribution >= 0.6 is 0 Å². The molecule has 1 heterocycles. The quantitative estimate of drug-likeness (QED) is 0.634. The molecule has 1 aromatic heterocycles. The van der Waals surface area contributed by atoms with Crippen molar-refractivity contribution in [1.29, 1.82) is 0 Å². The van der Waals surface area contributed by atoms with Gasteiger partial charge in [0.2, 0.25) is 0 Å². The monoisotopic (exact) mass is 271 g/mol. The summed E-state index contributed by atoms with van der Waals surface area (Å²) in [5.74, 6) is -0.325. The molecule has 2 rings (SSSR count). The number of aromatic nitrogens is 1. The summed E-state index contributed by atoms with van der Waals surface area (Å²) in [7, 11) is 0. The average molecular weight is 271 g/mol. The first-order valence-electron chi connectivity index (χ1n) is 6.50. The summed E-state index contributed by atoms with van der Waals surface area (Å²) in [6.45, 7) is 5.98. The predicted molar refractivity (Wildman–Crippen MR) is 76.6 cm³/mol. The molecule has 104 valence electrons. The third-order valence-corrected chi connectivity index (χ3v) is 3.23. The largest absolute Gasteiger partial charge is 0.462 e. The molecule has 0 saturated carbocycles. The Hall–Kier alpha value is -2.36. The normalized spacial score (nSPS) is 10.3. The SMILES string of the molecule is CCOC(=O)c1ccc(-n2c(C)cc(C=O)c2C)cc1. The van der Waals surface area contributed by atoms with Crippen LogP contribution in [0.4, 0.5) is 0 Å². The zero-order chi connectivity index (χ0) is 14.7. The zero-order valence-corrected chi connectivity index (χ0v) is 11.8. The van der Waals surface area contributed by atoms with E-state index in [0.717, 1.165) is 23.4 Å². The van der Waals surface area contributed by atoms with Gasteiger partial charge in [-0.3, -0.25) is 4.79 Å². The van der Waals surface area contributed by atoms with Gasteiger partial charge in [-0.05, 0) is 51.1 Å². The molecule has 0 aliphatic heterocycles. The van der Waals surface area contributed by atoms with Gasteiger partial charge in [-0.15, -0.1) is 0 Å². The molecule has 0 aliphatic rings. The Morgan fingerprint density at radius 1 is 1.25 bits per heavy atom. The Morgan fingerprint density at radius 2 is 1.90 bits per heavy atom. The van der Waals surface area contributed by atoms with Gasteiger partial charge in [-0.25, -0.2) is 4.79 Å². The van der Waals surface area contributed by atoms with Crippen molar-refractivity contribution in [2.24, 2.45) is 0 Å². The third kappa shape index (κ3) is 2.50. The van der Waals surface area contributed by atoms with Crippen LogP contribution in [0.2, 0.25) is 0 Å². The maximum Gasteiger partial charge on any atom is 0.338 e. The van der Waals surface area contributed by atoms with E-state index in [4.69, 9.17) is 4.74 Å². The van der Waals surface area contributed by atoms with Crippen molar-refractivity contribution in [2.45, 2.75) is 20.8 Å². The zero-order valence-electron chi connectivity index (χ0n) is 11.8. The molecule has 0 unspecified atom stereocenters. The molecule has 0 aliphatic carbocycles. The molecule has 1 aromatic carbocycles. The topological polar surface area (TPSA) is 48.3 Å². The number of ether oxygens (including phenoxy) is 1. The van der Waals surface area contributed by atoms with Gasteiger partial charge < -0.3 is 9.30 Å². The minimum atomic E-state index is -0.325. The Bertz CT molecular complexity index is 638. The minimum Gasteiger partial charge on any atom is -0.462 e. The molecular formula is C16H17NO3. The first kappa shape index (κ1) is 14.1. The van der Waals surface area contributed by atoms with Crippen LogP contribution in [0, 0.1) is 13.8 Å². The van der Waals surface area contributed by atoms with E-state index in [9.17, 15) is 9.59 Å². The first-order chi connectivity index (χ1) is 9.58. The van der Waals surface area contributed by atoms with Crippen molar-refractivity contribution >= 4 is 12.3 Å². The number of hydrogen-bond acceptors (Lipinski definition) is 3. The van der Waals surface area contributed by atoms with Crippen LogP contribution in [-0.2, 0) is 4.74 Å². The van der Waals surface area contributed by atoms with Crippen molar-refractivity contribution in [3.63, 3.8) is 0 Å². The Balaban J connectivity index is 2.38. The number of nitrogens with zero attached hydrogens (tertiary/aromatic N) is 1. The van der Waals surface area contributed by atoms with E-state index >= 15 is 0 Å². The van der Waals surface area contributed by atoms with Crippen LogP contribution in [0.5, 0.6) is 0 Å². The van der Waals surface area contributed by atoms with Gasteiger partial charge >= 0.3 is 5.97 Å². The number of aryl methyl sites for hydroxylation is 1. The van der Waals surface area contributed by atoms with Gasteiger partial charge in [0, 0.05) is 22.6 Å². The van der Waals surface area contributed by atoms with Crippen LogP contribution in [-0.4, -0.2) is 23.4 Å². The van der Waals surface area contributed by atoms with E-state index in [2.05, 4.69) is 0 Å². The first-order valence-corrected chi connectivity index (χ1v) is 6.50. The van der Waals surface area contributed by atoms with E-state index in [1.165, 1.54) is 0 Å². The molecule has 4 heteroatoms. The van der Waals surface area contributed by atoms with E-state index in [-0.39, 0.29) is 5.97 Å². The number of carbonyl (C=O) groups is 2. The van der Waals surface area contributed by atoms with Crippen molar-refractivity contribution in [2.75, 3.05) is 6.61 Å². The summed E-state index contributed by atoms with van der Waals surface area (Å²) in [6, 6.07) is 9.00. The van der Waals surface area contributed by atoms with E-state index in [1.54, 1.807) is 19.1 Å². The average Bonchev–Trinajstić information content (AvgIpc) is 2.74. The van der Waals surface area contributed by atoms with E-state index in [0.29, 0.717) is 17.7 Å². The van der Waals surface area contributed by atoms with E-state index < -0.39 is 0 Å². The molecule has 20 heavy (non-hydrogen) atoms. The lowest BCUT2D eigenvalue weighted by molar-refractivity contribution is 0.0526. The summed E-state index contributed by atoms with van der Waals surface area (Å²) >= 11 is 0. The lowest BCUT2D eigenvalue weighted by atomic mass is 10.2. The minimum absolute atomic E-state index is 0.325. The second-order valence-corrected chi connectivity index (χ2v) is 4.55. The highest BCUT2D eigenvalue weighted by Crippen LogP contribution is 2.20. The summed E-state index contributed by atoms with van der Waals surface area (Å²) in [6.07, 6.45) is 0.853. The summed E-state index contributed by atoms with van der Waals surface area (Å²) in [5, 5.41) is 0. The van der Waals surface area contributed by atoms with Crippen LogP contribution < -0.4 is 0 Å². The van der Waals surface area contributed by atoms with Crippen LogP contribution in [0.15, 0.2) is 30.3 Å². The molecule has 0 bridgehead atoms. The Labute approximate surface area is 118 Å². The molecule has 4 nitrogen and oxygen atoms in total. The van der Waals surface area contributed by atoms with Crippen molar-refractivity contribution in [1.82, 2.24) is 4.57 Å². The fraction of sp³-hybridized carbons (Fsp3) is 0.250. The van der Waals surface area contributed by atoms with Crippen LogP contribution in [0.1, 0.15) is 39.0 Å². The number of aldehydes is 1. The fourth-order valence-electron chi connectivity index (χ4n) is 2.27. The maximum absolute atomic E-state index is 11.6.